The van der Waals surface area contributed by atoms with Crippen molar-refractivity contribution in [3.05, 3.63) is 0 Å². The van der Waals surface area contributed by atoms with Crippen molar-refractivity contribution in [2.24, 2.45) is 11.3 Å². The zero-order valence-electron chi connectivity index (χ0n) is 12.1. The summed E-state index contributed by atoms with van der Waals surface area (Å²) in [7, 11) is 0. The lowest BCUT2D eigenvalue weighted by atomic mass is 9.76. The van der Waals surface area contributed by atoms with Crippen LogP contribution in [0, 0.1) is 11.3 Å². The van der Waals surface area contributed by atoms with Gasteiger partial charge >= 0.3 is 0 Å². The van der Waals surface area contributed by atoms with Crippen molar-refractivity contribution in [2.45, 2.75) is 72.8 Å². The first kappa shape index (κ1) is 14.0. The molecule has 0 aromatic carbocycles. The van der Waals surface area contributed by atoms with Crippen LogP contribution in [0.4, 0.5) is 0 Å². The van der Waals surface area contributed by atoms with Gasteiger partial charge in [-0.2, -0.15) is 0 Å². The highest BCUT2D eigenvalue weighted by atomic mass is 15.2. The van der Waals surface area contributed by atoms with Crippen molar-refractivity contribution in [2.75, 3.05) is 13.1 Å². The Hall–Kier alpha value is -0.0400. The Kier molecular flexibility index (Phi) is 5.30. The van der Waals surface area contributed by atoms with E-state index < -0.39 is 0 Å². The zero-order valence-corrected chi connectivity index (χ0v) is 12.1. The lowest BCUT2D eigenvalue weighted by Gasteiger charge is -2.42. The minimum Gasteiger partial charge on any atom is -0.300 e. The molecule has 0 spiro atoms. The normalized spacial score (nSPS) is 25.7. The molecule has 2 atom stereocenters. The smallest absolute Gasteiger partial charge is 0.00670 e. The molecule has 1 rings (SSSR count). The van der Waals surface area contributed by atoms with E-state index in [4.69, 9.17) is 0 Å². The molecule has 0 aliphatic carbocycles. The number of likely N-dealkylation sites (tertiary alicyclic amines) is 1. The van der Waals surface area contributed by atoms with Gasteiger partial charge < -0.3 is 4.90 Å². The molecule has 16 heavy (non-hydrogen) atoms. The standard InChI is InChI=1S/C15H31N/c1-6-7-9-13(2)16-11-8-10-14(12-16)15(3,4)5/h13-14H,6-12H2,1-5H3. The highest BCUT2D eigenvalue weighted by Gasteiger charge is 2.30. The maximum atomic E-state index is 2.73. The second-order valence-corrected chi connectivity index (χ2v) is 6.69. The second kappa shape index (κ2) is 6.05. The molecule has 0 N–H and O–H groups in total. The molecule has 1 aliphatic heterocycles. The molecular formula is C15H31N. The van der Waals surface area contributed by atoms with Crippen molar-refractivity contribution in [1.82, 2.24) is 4.90 Å². The first-order valence-electron chi connectivity index (χ1n) is 7.19. The van der Waals surface area contributed by atoms with Crippen molar-refractivity contribution < 1.29 is 0 Å². The molecule has 0 aromatic heterocycles. The van der Waals surface area contributed by atoms with Crippen molar-refractivity contribution >= 4 is 0 Å². The van der Waals surface area contributed by atoms with Gasteiger partial charge in [0.2, 0.25) is 0 Å². The second-order valence-electron chi connectivity index (χ2n) is 6.69. The summed E-state index contributed by atoms with van der Waals surface area (Å²) in [5, 5.41) is 0. The van der Waals surface area contributed by atoms with Gasteiger partial charge in [-0.05, 0) is 44.1 Å². The topological polar surface area (TPSA) is 3.24 Å². The van der Waals surface area contributed by atoms with Crippen LogP contribution < -0.4 is 0 Å². The third-order valence-corrected chi connectivity index (χ3v) is 4.28. The summed E-state index contributed by atoms with van der Waals surface area (Å²) in [5.41, 5.74) is 0.489. The third kappa shape index (κ3) is 4.08. The average molecular weight is 225 g/mol. The first-order valence-corrected chi connectivity index (χ1v) is 7.19. The van der Waals surface area contributed by atoms with E-state index in [1.165, 1.54) is 45.2 Å². The summed E-state index contributed by atoms with van der Waals surface area (Å²) in [6.45, 7) is 14.6. The van der Waals surface area contributed by atoms with E-state index in [1.54, 1.807) is 0 Å². The molecule has 1 aliphatic rings. The third-order valence-electron chi connectivity index (χ3n) is 4.28. The minimum absolute atomic E-state index is 0.489. The number of rotatable bonds is 4. The predicted octanol–water partition coefficient (Wildman–Crippen LogP) is 4.32. The molecule has 0 bridgehead atoms. The van der Waals surface area contributed by atoms with Crippen molar-refractivity contribution in [3.63, 3.8) is 0 Å². The predicted molar refractivity (Wildman–Crippen MR) is 72.7 cm³/mol. The van der Waals surface area contributed by atoms with E-state index in [2.05, 4.69) is 39.5 Å². The van der Waals surface area contributed by atoms with Crippen LogP contribution in [0.5, 0.6) is 0 Å². The fourth-order valence-corrected chi connectivity index (χ4v) is 2.80. The largest absolute Gasteiger partial charge is 0.300 e. The van der Waals surface area contributed by atoms with Gasteiger partial charge in [0.25, 0.3) is 0 Å². The van der Waals surface area contributed by atoms with Gasteiger partial charge in [-0.25, -0.2) is 0 Å². The van der Waals surface area contributed by atoms with Crippen LogP contribution in [-0.4, -0.2) is 24.0 Å². The molecular weight excluding hydrogens is 194 g/mol. The average Bonchev–Trinajstić information content (AvgIpc) is 2.25. The maximum Gasteiger partial charge on any atom is 0.00670 e. The van der Waals surface area contributed by atoms with Crippen molar-refractivity contribution in [1.29, 1.82) is 0 Å². The van der Waals surface area contributed by atoms with Crippen LogP contribution in [-0.2, 0) is 0 Å². The fraction of sp³-hybridized carbons (Fsp3) is 1.00. The highest BCUT2D eigenvalue weighted by Crippen LogP contribution is 2.34. The van der Waals surface area contributed by atoms with E-state index in [-0.39, 0.29) is 0 Å². The SMILES string of the molecule is CCCCC(C)N1CCCC(C(C)(C)C)C1. The quantitative estimate of drug-likeness (QED) is 0.688. The summed E-state index contributed by atoms with van der Waals surface area (Å²) in [6.07, 6.45) is 6.94. The Balaban J connectivity index is 2.43. The number of unbranched alkanes of at least 4 members (excludes halogenated alkanes) is 1. The summed E-state index contributed by atoms with van der Waals surface area (Å²) in [6, 6.07) is 0.796. The van der Waals surface area contributed by atoms with E-state index in [0.29, 0.717) is 5.41 Å². The fourth-order valence-electron chi connectivity index (χ4n) is 2.80. The molecule has 0 aromatic rings. The van der Waals surface area contributed by atoms with E-state index >= 15 is 0 Å². The number of hydrogen-bond donors (Lipinski definition) is 0. The lowest BCUT2D eigenvalue weighted by molar-refractivity contribution is 0.0700. The van der Waals surface area contributed by atoms with Gasteiger partial charge in [-0.15, -0.1) is 0 Å². The summed E-state index contributed by atoms with van der Waals surface area (Å²) >= 11 is 0. The monoisotopic (exact) mass is 225 g/mol. The Labute approximate surface area is 103 Å². The molecule has 1 nitrogen and oxygen atoms in total. The lowest BCUT2D eigenvalue weighted by Crippen LogP contribution is -2.44. The van der Waals surface area contributed by atoms with Crippen LogP contribution in [0.3, 0.4) is 0 Å². The van der Waals surface area contributed by atoms with Crippen LogP contribution in [0.25, 0.3) is 0 Å². The highest BCUT2D eigenvalue weighted by molar-refractivity contribution is 4.83. The van der Waals surface area contributed by atoms with Gasteiger partial charge in [0.15, 0.2) is 0 Å². The number of hydrogen-bond acceptors (Lipinski definition) is 1. The van der Waals surface area contributed by atoms with Gasteiger partial charge in [0, 0.05) is 12.6 Å². The van der Waals surface area contributed by atoms with Crippen LogP contribution in [0.1, 0.15) is 66.7 Å². The Morgan fingerprint density at radius 3 is 2.56 bits per heavy atom. The number of nitrogens with zero attached hydrogens (tertiary/aromatic N) is 1. The maximum absolute atomic E-state index is 2.73. The van der Waals surface area contributed by atoms with Gasteiger partial charge in [-0.1, -0.05) is 40.5 Å². The zero-order chi connectivity index (χ0) is 12.2. The van der Waals surface area contributed by atoms with Gasteiger partial charge in [-0.3, -0.25) is 0 Å². The number of piperidine rings is 1. The van der Waals surface area contributed by atoms with E-state index in [0.717, 1.165) is 12.0 Å². The Morgan fingerprint density at radius 1 is 1.31 bits per heavy atom. The van der Waals surface area contributed by atoms with E-state index in [9.17, 15) is 0 Å². The first-order chi connectivity index (χ1) is 7.45. The molecule has 0 saturated carbocycles. The molecule has 1 saturated heterocycles. The molecule has 96 valence electrons. The Morgan fingerprint density at radius 2 is 2.00 bits per heavy atom. The molecule has 2 unspecified atom stereocenters. The van der Waals surface area contributed by atoms with Gasteiger partial charge in [0.1, 0.15) is 0 Å². The summed E-state index contributed by atoms with van der Waals surface area (Å²) < 4.78 is 0. The molecule has 1 heterocycles. The van der Waals surface area contributed by atoms with Crippen LogP contribution >= 0.6 is 0 Å². The molecule has 1 heteroatoms. The minimum atomic E-state index is 0.489. The molecule has 0 radical (unpaired) electrons. The van der Waals surface area contributed by atoms with E-state index in [1.807, 2.05) is 0 Å². The Bertz CT molecular complexity index is 192. The van der Waals surface area contributed by atoms with Gasteiger partial charge in [0.05, 0.1) is 0 Å². The van der Waals surface area contributed by atoms with Crippen molar-refractivity contribution in [3.8, 4) is 0 Å². The molecule has 0 amide bonds. The molecule has 1 fully saturated rings. The summed E-state index contributed by atoms with van der Waals surface area (Å²) in [5.74, 6) is 0.894. The summed E-state index contributed by atoms with van der Waals surface area (Å²) in [4.78, 5) is 2.73. The van der Waals surface area contributed by atoms with Crippen LogP contribution in [0.2, 0.25) is 0 Å². The van der Waals surface area contributed by atoms with Crippen LogP contribution in [0.15, 0.2) is 0 Å².